The molecule has 0 aliphatic rings. The number of rotatable bonds is 4. The van der Waals surface area contributed by atoms with Gasteiger partial charge in [0.1, 0.15) is 5.82 Å². The van der Waals surface area contributed by atoms with Crippen LogP contribution in [0.3, 0.4) is 0 Å². The number of aromatic amines is 1. The van der Waals surface area contributed by atoms with E-state index in [9.17, 15) is 0 Å². The van der Waals surface area contributed by atoms with Crippen molar-refractivity contribution in [3.8, 4) is 0 Å². The minimum atomic E-state index is 0.402. The number of hydrogen-bond donors (Lipinski definition) is 1. The summed E-state index contributed by atoms with van der Waals surface area (Å²) in [5, 5.41) is 0.800. The summed E-state index contributed by atoms with van der Waals surface area (Å²) >= 11 is 12.0. The number of nitrogens with zero attached hydrogens (tertiary/aromatic N) is 1. The van der Waals surface area contributed by atoms with Gasteiger partial charge in [0.15, 0.2) is 0 Å². The van der Waals surface area contributed by atoms with Crippen LogP contribution in [0.1, 0.15) is 31.2 Å². The third-order valence-electron chi connectivity index (χ3n) is 2.66. The van der Waals surface area contributed by atoms with Gasteiger partial charge < -0.3 is 4.98 Å². The number of unbranched alkanes of at least 4 members (excludes halogenated alkanes) is 1. The predicted octanol–water partition coefficient (Wildman–Crippen LogP) is 4.30. The quantitative estimate of drug-likeness (QED) is 0.813. The number of H-pyrrole nitrogens is 1. The monoisotopic (exact) mass is 256 g/mol. The van der Waals surface area contributed by atoms with Gasteiger partial charge in [-0.05, 0) is 30.5 Å². The lowest BCUT2D eigenvalue weighted by molar-refractivity contribution is 0.798. The van der Waals surface area contributed by atoms with Crippen molar-refractivity contribution in [1.29, 1.82) is 0 Å². The highest BCUT2D eigenvalue weighted by atomic mass is 35.5. The maximum atomic E-state index is 6.20. The van der Waals surface area contributed by atoms with Gasteiger partial charge >= 0.3 is 0 Å². The Labute approximate surface area is 105 Å². The van der Waals surface area contributed by atoms with Crippen molar-refractivity contribution in [3.05, 3.63) is 28.5 Å². The van der Waals surface area contributed by atoms with E-state index >= 15 is 0 Å². The molecule has 0 radical (unpaired) electrons. The van der Waals surface area contributed by atoms with Crippen LogP contribution in [0.4, 0.5) is 0 Å². The number of alkyl halides is 1. The average Bonchev–Trinajstić information content (AvgIpc) is 2.71. The highest BCUT2D eigenvalue weighted by molar-refractivity contribution is 6.32. The lowest BCUT2D eigenvalue weighted by atomic mass is 10.1. The van der Waals surface area contributed by atoms with E-state index in [2.05, 4.69) is 16.9 Å². The zero-order valence-electron chi connectivity index (χ0n) is 9.19. The summed E-state index contributed by atoms with van der Waals surface area (Å²) in [7, 11) is 0. The van der Waals surface area contributed by atoms with E-state index < -0.39 is 0 Å². The second-order valence-corrected chi connectivity index (χ2v) is 4.52. The summed E-state index contributed by atoms with van der Waals surface area (Å²) in [6, 6.07) is 3.88. The molecule has 1 aromatic carbocycles. The van der Waals surface area contributed by atoms with E-state index in [1.165, 1.54) is 0 Å². The van der Waals surface area contributed by atoms with Gasteiger partial charge in [-0.15, -0.1) is 11.6 Å². The molecular formula is C12H14Cl2N2. The molecule has 0 saturated heterocycles. The third-order valence-corrected chi connectivity index (χ3v) is 3.27. The summed E-state index contributed by atoms with van der Waals surface area (Å²) in [6.07, 6.45) is 3.25. The van der Waals surface area contributed by atoms with Crippen LogP contribution in [0, 0.1) is 0 Å². The van der Waals surface area contributed by atoms with Gasteiger partial charge in [-0.3, -0.25) is 0 Å². The number of aryl methyl sites for hydroxylation is 1. The topological polar surface area (TPSA) is 28.7 Å². The number of aromatic nitrogens is 2. The molecule has 0 amide bonds. The van der Waals surface area contributed by atoms with Gasteiger partial charge in [-0.25, -0.2) is 4.98 Å². The second kappa shape index (κ2) is 5.07. The molecule has 0 atom stereocenters. The van der Waals surface area contributed by atoms with Gasteiger partial charge in [0.05, 0.1) is 16.9 Å². The Morgan fingerprint density at radius 2 is 2.19 bits per heavy atom. The maximum absolute atomic E-state index is 6.20. The van der Waals surface area contributed by atoms with Gasteiger partial charge in [-0.1, -0.05) is 24.9 Å². The first kappa shape index (κ1) is 11.7. The first-order valence-corrected chi connectivity index (χ1v) is 6.39. The number of halogens is 2. The summed E-state index contributed by atoms with van der Waals surface area (Å²) in [5.41, 5.74) is 3.12. The zero-order chi connectivity index (χ0) is 11.5. The normalized spacial score (nSPS) is 11.2. The molecule has 0 saturated carbocycles. The van der Waals surface area contributed by atoms with Crippen LogP contribution in [0.5, 0.6) is 0 Å². The number of nitrogens with one attached hydrogen (secondary N) is 1. The van der Waals surface area contributed by atoms with Gasteiger partial charge in [0, 0.05) is 5.02 Å². The highest BCUT2D eigenvalue weighted by Crippen LogP contribution is 2.26. The number of imidazole rings is 1. The summed E-state index contributed by atoms with van der Waals surface area (Å²) in [5.74, 6) is 1.20. The Kier molecular flexibility index (Phi) is 3.72. The Hall–Kier alpha value is -0.730. The molecule has 0 bridgehead atoms. The fourth-order valence-electron chi connectivity index (χ4n) is 1.81. The summed E-state index contributed by atoms with van der Waals surface area (Å²) in [4.78, 5) is 7.66. The van der Waals surface area contributed by atoms with Crippen molar-refractivity contribution >= 4 is 34.2 Å². The van der Waals surface area contributed by atoms with Crippen molar-refractivity contribution < 1.29 is 0 Å². The average molecular weight is 257 g/mol. The van der Waals surface area contributed by atoms with Gasteiger partial charge in [0.25, 0.3) is 0 Å². The Balaban J connectivity index is 2.50. The minimum Gasteiger partial charge on any atom is -0.341 e. The minimum absolute atomic E-state index is 0.402. The molecule has 0 aliphatic heterocycles. The van der Waals surface area contributed by atoms with Crippen molar-refractivity contribution in [2.24, 2.45) is 0 Å². The summed E-state index contributed by atoms with van der Waals surface area (Å²) < 4.78 is 0. The first-order chi connectivity index (χ1) is 7.76. The van der Waals surface area contributed by atoms with E-state index in [0.29, 0.717) is 5.88 Å². The zero-order valence-corrected chi connectivity index (χ0v) is 10.7. The largest absolute Gasteiger partial charge is 0.341 e. The number of benzene rings is 1. The number of hydrogen-bond acceptors (Lipinski definition) is 1. The van der Waals surface area contributed by atoms with Crippen LogP contribution in [0.2, 0.25) is 5.02 Å². The molecule has 4 heteroatoms. The van der Waals surface area contributed by atoms with Crippen LogP contribution in [-0.4, -0.2) is 9.97 Å². The van der Waals surface area contributed by atoms with E-state index in [1.807, 2.05) is 12.1 Å². The standard InChI is InChI=1S/C12H14Cl2N2/c1-2-3-4-8-9(14)5-6-10-12(8)16-11(7-13)15-10/h5-6H,2-4,7H2,1H3,(H,15,16). The van der Waals surface area contributed by atoms with Crippen LogP contribution in [-0.2, 0) is 12.3 Å². The predicted molar refractivity (Wildman–Crippen MR) is 69.3 cm³/mol. The van der Waals surface area contributed by atoms with Crippen LogP contribution < -0.4 is 0 Å². The van der Waals surface area contributed by atoms with Crippen molar-refractivity contribution in [3.63, 3.8) is 0 Å². The molecule has 1 N–H and O–H groups in total. The van der Waals surface area contributed by atoms with E-state index in [1.54, 1.807) is 0 Å². The molecule has 0 unspecified atom stereocenters. The highest BCUT2D eigenvalue weighted by Gasteiger charge is 2.10. The molecule has 1 heterocycles. The maximum Gasteiger partial charge on any atom is 0.122 e. The smallest absolute Gasteiger partial charge is 0.122 e. The molecule has 1 aromatic heterocycles. The second-order valence-electron chi connectivity index (χ2n) is 3.84. The lowest BCUT2D eigenvalue weighted by Crippen LogP contribution is -1.89. The molecule has 2 nitrogen and oxygen atoms in total. The molecular weight excluding hydrogens is 243 g/mol. The summed E-state index contributed by atoms with van der Waals surface area (Å²) in [6.45, 7) is 2.17. The van der Waals surface area contributed by atoms with Crippen molar-refractivity contribution in [1.82, 2.24) is 9.97 Å². The molecule has 86 valence electrons. The fraction of sp³-hybridized carbons (Fsp3) is 0.417. The van der Waals surface area contributed by atoms with E-state index in [-0.39, 0.29) is 0 Å². The van der Waals surface area contributed by atoms with Crippen LogP contribution in [0.15, 0.2) is 12.1 Å². The molecule has 0 fully saturated rings. The molecule has 0 aliphatic carbocycles. The molecule has 2 aromatic rings. The van der Waals surface area contributed by atoms with Crippen LogP contribution >= 0.6 is 23.2 Å². The van der Waals surface area contributed by atoms with Crippen LogP contribution in [0.25, 0.3) is 11.0 Å². The van der Waals surface area contributed by atoms with E-state index in [4.69, 9.17) is 23.2 Å². The molecule has 16 heavy (non-hydrogen) atoms. The number of fused-ring (bicyclic) bond motifs is 1. The van der Waals surface area contributed by atoms with Crippen molar-refractivity contribution in [2.45, 2.75) is 32.1 Å². The molecule has 0 spiro atoms. The fourth-order valence-corrected chi connectivity index (χ4v) is 2.19. The SMILES string of the molecule is CCCCc1c(Cl)ccc2[nH]c(CCl)nc12. The Morgan fingerprint density at radius 1 is 1.38 bits per heavy atom. The Bertz CT molecular complexity index is 491. The molecule has 2 rings (SSSR count). The first-order valence-electron chi connectivity index (χ1n) is 5.48. The van der Waals surface area contributed by atoms with Crippen molar-refractivity contribution in [2.75, 3.05) is 0 Å². The lowest BCUT2D eigenvalue weighted by Gasteiger charge is -2.03. The van der Waals surface area contributed by atoms with E-state index in [0.717, 1.165) is 46.7 Å². The third kappa shape index (κ3) is 2.18. The Morgan fingerprint density at radius 3 is 2.88 bits per heavy atom. The van der Waals surface area contributed by atoms with Gasteiger partial charge in [-0.2, -0.15) is 0 Å². The van der Waals surface area contributed by atoms with Gasteiger partial charge in [0.2, 0.25) is 0 Å².